The number of carbonyl (C=O) groups is 5. The Kier molecular flexibility index (Phi) is 21.5. The second kappa shape index (κ2) is 24.5. The molecule has 0 bridgehead atoms. The van der Waals surface area contributed by atoms with Crippen molar-refractivity contribution in [3.05, 3.63) is 42.0 Å². The molecule has 1 aromatic carbocycles. The zero-order valence-electron chi connectivity index (χ0n) is 28.6. The van der Waals surface area contributed by atoms with Crippen LogP contribution in [0.2, 0.25) is 0 Å². The molecule has 0 radical (unpaired) electrons. The zero-order valence-corrected chi connectivity index (χ0v) is 28.6. The first kappa shape index (κ1) is 41.3. The molecule has 1 aromatic rings. The predicted octanol–water partition coefficient (Wildman–Crippen LogP) is 7.23. The van der Waals surface area contributed by atoms with E-state index in [4.69, 9.17) is 4.74 Å². The number of nitrogens with one attached hydrogen (secondary N) is 1. The number of allylic oxidation sites excluding steroid dienone is 1. The number of unbranched alkanes of at least 4 members (excludes halogenated alkanes) is 9. The van der Waals surface area contributed by atoms with Crippen molar-refractivity contribution in [2.75, 3.05) is 6.61 Å². The van der Waals surface area contributed by atoms with Crippen LogP contribution < -0.4 is 10.1 Å². The van der Waals surface area contributed by atoms with E-state index in [1.807, 2.05) is 0 Å². The van der Waals surface area contributed by atoms with Gasteiger partial charge in [0, 0.05) is 19.3 Å². The van der Waals surface area contributed by atoms with Gasteiger partial charge in [-0.1, -0.05) is 90.0 Å². The van der Waals surface area contributed by atoms with E-state index in [9.17, 15) is 39.3 Å². The lowest BCUT2D eigenvalue weighted by Gasteiger charge is -2.22. The Morgan fingerprint density at radius 2 is 1.40 bits per heavy atom. The number of carboxylic acid groups (broad SMARTS) is 3. The molecule has 0 spiro atoms. The number of amides is 1. The van der Waals surface area contributed by atoms with Crippen molar-refractivity contribution in [2.24, 2.45) is 17.8 Å². The molecule has 0 saturated carbocycles. The molecule has 47 heavy (non-hydrogen) atoms. The van der Waals surface area contributed by atoms with Gasteiger partial charge in [0.1, 0.15) is 17.6 Å². The van der Waals surface area contributed by atoms with E-state index in [1.165, 1.54) is 31.8 Å². The quantitative estimate of drug-likeness (QED) is 0.0536. The highest BCUT2D eigenvalue weighted by Gasteiger charge is 2.35. The summed E-state index contributed by atoms with van der Waals surface area (Å²) in [7, 11) is 0. The fourth-order valence-electron chi connectivity index (χ4n) is 5.21. The van der Waals surface area contributed by atoms with Crippen LogP contribution in [0.15, 0.2) is 36.4 Å². The minimum absolute atomic E-state index is 0.0537. The van der Waals surface area contributed by atoms with Gasteiger partial charge in [-0.05, 0) is 55.7 Å². The standard InChI is InChI=1S/C37H57NO9/c1-4-5-6-7-10-13-16-29(39)17-14-11-8-9-12-15-18-31(32(36(43)44)26-34(40)41)35(42)38-33(37(45)46)25-28-19-21-30(22-20-28)47-24-23-27(2)3/h15,18-22,27,31-33H,4-14,16-17,23-26H2,1-3H3,(H,38,42)(H,40,41)(H,43,44)(H,45,46)/b18-15+/t31-,32+,33-/m0/s1. The summed E-state index contributed by atoms with van der Waals surface area (Å²) in [4.78, 5) is 60.9. The van der Waals surface area contributed by atoms with Crippen LogP contribution in [0.1, 0.15) is 123 Å². The number of benzene rings is 1. The minimum atomic E-state index is -1.57. The molecule has 0 aliphatic heterocycles. The molecule has 0 fully saturated rings. The van der Waals surface area contributed by atoms with Gasteiger partial charge in [-0.25, -0.2) is 4.79 Å². The average Bonchev–Trinajstić information content (AvgIpc) is 3.01. The second-order valence-electron chi connectivity index (χ2n) is 12.8. The molecule has 4 N–H and O–H groups in total. The summed E-state index contributed by atoms with van der Waals surface area (Å²) in [5, 5.41) is 31.3. The fourth-order valence-corrected chi connectivity index (χ4v) is 5.21. The number of rotatable bonds is 28. The molecule has 0 saturated heterocycles. The molecule has 1 rings (SSSR count). The number of ketones is 1. The van der Waals surface area contributed by atoms with Gasteiger partial charge in [0.25, 0.3) is 0 Å². The van der Waals surface area contributed by atoms with Crippen molar-refractivity contribution in [3.8, 4) is 5.75 Å². The molecule has 264 valence electrons. The highest BCUT2D eigenvalue weighted by Crippen LogP contribution is 2.21. The SMILES string of the molecule is CCCCCCCCC(=O)CCCCCC/C=C/[C@H](C(=O)N[C@@H](Cc1ccc(OCCC(C)C)cc1)C(=O)O)[C@@H](CC(=O)O)C(=O)O. The summed E-state index contributed by atoms with van der Waals surface area (Å²) in [5.74, 6) is -6.49. The maximum atomic E-state index is 13.3. The number of Topliss-reactive ketones (excluding diaryl/α,β-unsaturated/α-hetero) is 1. The van der Waals surface area contributed by atoms with E-state index in [-0.39, 0.29) is 6.42 Å². The maximum Gasteiger partial charge on any atom is 0.326 e. The Balaban J connectivity index is 2.70. The molecule has 3 atom stereocenters. The first-order chi connectivity index (χ1) is 22.4. The van der Waals surface area contributed by atoms with E-state index in [0.717, 1.165) is 44.9 Å². The van der Waals surface area contributed by atoms with E-state index in [1.54, 1.807) is 30.3 Å². The number of carboxylic acids is 3. The normalized spacial score (nSPS) is 13.3. The predicted molar refractivity (Wildman–Crippen MR) is 181 cm³/mol. The number of hydrogen-bond donors (Lipinski definition) is 4. The van der Waals surface area contributed by atoms with E-state index >= 15 is 0 Å². The summed E-state index contributed by atoms with van der Waals surface area (Å²) in [6, 6.07) is 5.52. The first-order valence-electron chi connectivity index (χ1n) is 17.3. The zero-order chi connectivity index (χ0) is 35.0. The lowest BCUT2D eigenvalue weighted by atomic mass is 9.87. The lowest BCUT2D eigenvalue weighted by molar-refractivity contribution is -0.152. The Bertz CT molecular complexity index is 1110. The van der Waals surface area contributed by atoms with Crippen LogP contribution in [-0.4, -0.2) is 57.6 Å². The van der Waals surface area contributed by atoms with Gasteiger partial charge in [-0.2, -0.15) is 0 Å². The Labute approximate surface area is 280 Å². The molecule has 10 heteroatoms. The largest absolute Gasteiger partial charge is 0.494 e. The van der Waals surface area contributed by atoms with Crippen molar-refractivity contribution >= 4 is 29.6 Å². The van der Waals surface area contributed by atoms with E-state index < -0.39 is 48.1 Å². The van der Waals surface area contributed by atoms with Crippen LogP contribution in [-0.2, 0) is 30.4 Å². The number of carbonyl (C=O) groups excluding carboxylic acids is 2. The van der Waals surface area contributed by atoms with Gasteiger partial charge in [-0.3, -0.25) is 19.2 Å². The fraction of sp³-hybridized carbons (Fsp3) is 0.649. The third-order valence-corrected chi connectivity index (χ3v) is 8.12. The monoisotopic (exact) mass is 659 g/mol. The van der Waals surface area contributed by atoms with Crippen molar-refractivity contribution in [3.63, 3.8) is 0 Å². The highest BCUT2D eigenvalue weighted by atomic mass is 16.5. The molecule has 10 nitrogen and oxygen atoms in total. The van der Waals surface area contributed by atoms with E-state index in [0.29, 0.717) is 48.9 Å². The molecule has 0 heterocycles. The third-order valence-electron chi connectivity index (χ3n) is 8.12. The number of hydrogen-bond acceptors (Lipinski definition) is 6. The van der Waals surface area contributed by atoms with Gasteiger partial charge in [0.15, 0.2) is 0 Å². The van der Waals surface area contributed by atoms with Crippen molar-refractivity contribution < 1.29 is 44.0 Å². The summed E-state index contributed by atoms with van der Waals surface area (Å²) < 4.78 is 5.70. The summed E-state index contributed by atoms with van der Waals surface area (Å²) >= 11 is 0. The minimum Gasteiger partial charge on any atom is -0.494 e. The Hall–Kier alpha value is -3.69. The topological polar surface area (TPSA) is 167 Å². The molecule has 1 amide bonds. The van der Waals surface area contributed by atoms with Crippen LogP contribution in [0.25, 0.3) is 0 Å². The van der Waals surface area contributed by atoms with Crippen LogP contribution >= 0.6 is 0 Å². The highest BCUT2D eigenvalue weighted by molar-refractivity contribution is 5.91. The van der Waals surface area contributed by atoms with Crippen LogP contribution in [0.4, 0.5) is 0 Å². The third kappa shape index (κ3) is 19.5. The summed E-state index contributed by atoms with van der Waals surface area (Å²) in [6.07, 6.45) is 15.0. The van der Waals surface area contributed by atoms with E-state index in [2.05, 4.69) is 26.1 Å². The summed E-state index contributed by atoms with van der Waals surface area (Å²) in [5.41, 5.74) is 0.630. The first-order valence-corrected chi connectivity index (χ1v) is 17.3. The van der Waals surface area contributed by atoms with Gasteiger partial charge in [-0.15, -0.1) is 0 Å². The molecule has 0 unspecified atom stereocenters. The smallest absolute Gasteiger partial charge is 0.326 e. The Morgan fingerprint density at radius 1 is 0.809 bits per heavy atom. The molecular weight excluding hydrogens is 602 g/mol. The van der Waals surface area contributed by atoms with Crippen LogP contribution in [0.3, 0.4) is 0 Å². The van der Waals surface area contributed by atoms with Crippen LogP contribution in [0, 0.1) is 17.8 Å². The molecular formula is C37H57NO9. The maximum absolute atomic E-state index is 13.3. The van der Waals surface area contributed by atoms with Crippen molar-refractivity contribution in [1.29, 1.82) is 0 Å². The molecule has 0 aromatic heterocycles. The lowest BCUT2D eigenvalue weighted by Crippen LogP contribution is -2.47. The Morgan fingerprint density at radius 3 is 1.96 bits per heavy atom. The van der Waals surface area contributed by atoms with Gasteiger partial charge >= 0.3 is 17.9 Å². The average molecular weight is 660 g/mol. The van der Waals surface area contributed by atoms with Gasteiger partial charge in [0.2, 0.25) is 5.91 Å². The number of aliphatic carboxylic acids is 3. The number of ether oxygens (including phenoxy) is 1. The van der Waals surface area contributed by atoms with Gasteiger partial charge in [0.05, 0.1) is 24.9 Å². The summed E-state index contributed by atoms with van der Waals surface area (Å²) in [6.45, 7) is 6.93. The molecule has 0 aliphatic carbocycles. The second-order valence-corrected chi connectivity index (χ2v) is 12.8. The van der Waals surface area contributed by atoms with Gasteiger partial charge < -0.3 is 25.4 Å². The molecule has 0 aliphatic rings. The van der Waals surface area contributed by atoms with Crippen LogP contribution in [0.5, 0.6) is 5.75 Å². The van der Waals surface area contributed by atoms with Crippen molar-refractivity contribution in [2.45, 2.75) is 130 Å². The van der Waals surface area contributed by atoms with Crippen molar-refractivity contribution in [1.82, 2.24) is 5.32 Å².